The summed E-state index contributed by atoms with van der Waals surface area (Å²) in [4.78, 5) is 6.74. The number of rotatable bonds is 2. The van der Waals surface area contributed by atoms with E-state index in [9.17, 15) is 5.26 Å². The van der Waals surface area contributed by atoms with Crippen LogP contribution in [-0.4, -0.2) is 31.3 Å². The summed E-state index contributed by atoms with van der Waals surface area (Å²) < 4.78 is 5.37. The summed E-state index contributed by atoms with van der Waals surface area (Å²) in [7, 11) is 1.76. The summed E-state index contributed by atoms with van der Waals surface area (Å²) in [6.07, 6.45) is 2.34. The van der Waals surface area contributed by atoms with Crippen molar-refractivity contribution in [3.8, 4) is 6.07 Å². The minimum atomic E-state index is 0.345. The third-order valence-corrected chi connectivity index (χ3v) is 3.51. The number of pyridine rings is 1. The molecule has 1 aromatic heterocycles. The molecule has 0 N–H and O–H groups in total. The lowest BCUT2D eigenvalue weighted by Crippen LogP contribution is -2.37. The van der Waals surface area contributed by atoms with Crippen LogP contribution in [0.5, 0.6) is 0 Å². The van der Waals surface area contributed by atoms with Gasteiger partial charge in [0.25, 0.3) is 0 Å². The SMILES string of the molecule is COC1CCN(c2nc(C)cc(C)c2C#N)CC1. The van der Waals surface area contributed by atoms with Crippen LogP contribution in [0.1, 0.15) is 29.7 Å². The first-order valence-corrected chi connectivity index (χ1v) is 6.31. The van der Waals surface area contributed by atoms with Crippen LogP contribution in [0.25, 0.3) is 0 Å². The smallest absolute Gasteiger partial charge is 0.147 e. The average Bonchev–Trinajstić information content (AvgIpc) is 2.38. The molecule has 0 saturated carbocycles. The van der Waals surface area contributed by atoms with E-state index in [0.29, 0.717) is 11.7 Å². The molecular formula is C14H19N3O. The highest BCUT2D eigenvalue weighted by Gasteiger charge is 2.22. The van der Waals surface area contributed by atoms with Gasteiger partial charge in [-0.15, -0.1) is 0 Å². The number of aryl methyl sites for hydroxylation is 2. The number of hydrogen-bond acceptors (Lipinski definition) is 4. The van der Waals surface area contributed by atoms with Crippen LogP contribution in [-0.2, 0) is 4.74 Å². The number of nitrogens with zero attached hydrogens (tertiary/aromatic N) is 3. The molecule has 0 unspecified atom stereocenters. The minimum Gasteiger partial charge on any atom is -0.381 e. The zero-order chi connectivity index (χ0) is 13.1. The summed E-state index contributed by atoms with van der Waals surface area (Å²) in [6.45, 7) is 5.75. The van der Waals surface area contributed by atoms with Gasteiger partial charge in [0.2, 0.25) is 0 Å². The van der Waals surface area contributed by atoms with E-state index >= 15 is 0 Å². The molecule has 0 spiro atoms. The molecule has 0 aliphatic carbocycles. The number of methoxy groups -OCH3 is 1. The Bertz CT molecular complexity index is 471. The molecule has 0 atom stereocenters. The molecule has 1 aliphatic heterocycles. The molecule has 0 amide bonds. The maximum Gasteiger partial charge on any atom is 0.147 e. The Hall–Kier alpha value is -1.60. The standard InChI is InChI=1S/C14H19N3O/c1-10-8-11(2)16-14(13(10)9-15)17-6-4-12(18-3)5-7-17/h8,12H,4-7H2,1-3H3. The highest BCUT2D eigenvalue weighted by Crippen LogP contribution is 2.25. The number of ether oxygens (including phenoxy) is 1. The minimum absolute atomic E-state index is 0.345. The normalized spacial score (nSPS) is 16.7. The van der Waals surface area contributed by atoms with Gasteiger partial charge in [0.15, 0.2) is 0 Å². The van der Waals surface area contributed by atoms with Gasteiger partial charge < -0.3 is 9.64 Å². The van der Waals surface area contributed by atoms with E-state index in [1.165, 1.54) is 0 Å². The lowest BCUT2D eigenvalue weighted by molar-refractivity contribution is 0.0818. The predicted octanol–water partition coefficient (Wildman–Crippen LogP) is 2.19. The van der Waals surface area contributed by atoms with Crippen molar-refractivity contribution in [1.29, 1.82) is 5.26 Å². The van der Waals surface area contributed by atoms with Crippen molar-refractivity contribution in [2.24, 2.45) is 0 Å². The fourth-order valence-electron chi connectivity index (χ4n) is 2.49. The second-order valence-electron chi connectivity index (χ2n) is 4.81. The summed E-state index contributed by atoms with van der Waals surface area (Å²) in [6, 6.07) is 4.24. The van der Waals surface area contributed by atoms with Crippen LogP contribution in [0.2, 0.25) is 0 Å². The summed E-state index contributed by atoms with van der Waals surface area (Å²) >= 11 is 0. The molecule has 96 valence electrons. The second kappa shape index (κ2) is 5.36. The predicted molar refractivity (Wildman–Crippen MR) is 70.7 cm³/mol. The van der Waals surface area contributed by atoms with E-state index in [-0.39, 0.29) is 0 Å². The number of anilines is 1. The quantitative estimate of drug-likeness (QED) is 0.801. The Balaban J connectivity index is 2.26. The van der Waals surface area contributed by atoms with Gasteiger partial charge in [0.1, 0.15) is 11.9 Å². The molecule has 4 heteroatoms. The second-order valence-corrected chi connectivity index (χ2v) is 4.81. The third kappa shape index (κ3) is 2.46. The van der Waals surface area contributed by atoms with Crippen LogP contribution in [0.15, 0.2) is 6.07 Å². The largest absolute Gasteiger partial charge is 0.381 e. The number of piperidine rings is 1. The summed E-state index contributed by atoms with van der Waals surface area (Å²) in [5.74, 6) is 0.838. The average molecular weight is 245 g/mol. The van der Waals surface area contributed by atoms with Gasteiger partial charge in [-0.1, -0.05) is 0 Å². The lowest BCUT2D eigenvalue weighted by Gasteiger charge is -2.32. The topological polar surface area (TPSA) is 49.1 Å². The van der Waals surface area contributed by atoms with E-state index in [4.69, 9.17) is 4.74 Å². The van der Waals surface area contributed by atoms with Crippen molar-refractivity contribution in [3.05, 3.63) is 22.9 Å². The molecule has 0 radical (unpaired) electrons. The Morgan fingerprint density at radius 1 is 1.39 bits per heavy atom. The van der Waals surface area contributed by atoms with Crippen molar-refractivity contribution in [2.45, 2.75) is 32.8 Å². The molecule has 0 aromatic carbocycles. The van der Waals surface area contributed by atoms with Crippen LogP contribution in [0, 0.1) is 25.2 Å². The Labute approximate surface area is 108 Å². The highest BCUT2D eigenvalue weighted by molar-refractivity contribution is 5.58. The van der Waals surface area contributed by atoms with Crippen molar-refractivity contribution in [1.82, 2.24) is 4.98 Å². The van der Waals surface area contributed by atoms with Gasteiger partial charge in [-0.25, -0.2) is 4.98 Å². The van der Waals surface area contributed by atoms with E-state index < -0.39 is 0 Å². The number of hydrogen-bond donors (Lipinski definition) is 0. The molecule has 1 saturated heterocycles. The molecule has 1 aliphatic rings. The molecular weight excluding hydrogens is 226 g/mol. The van der Waals surface area contributed by atoms with E-state index in [1.54, 1.807) is 7.11 Å². The molecule has 1 aromatic rings. The van der Waals surface area contributed by atoms with Crippen LogP contribution in [0.4, 0.5) is 5.82 Å². The fourth-order valence-corrected chi connectivity index (χ4v) is 2.49. The summed E-state index contributed by atoms with van der Waals surface area (Å²) in [5.41, 5.74) is 2.68. The molecule has 2 heterocycles. The molecule has 0 bridgehead atoms. The van der Waals surface area contributed by atoms with Crippen molar-refractivity contribution in [3.63, 3.8) is 0 Å². The van der Waals surface area contributed by atoms with Gasteiger partial charge in [0, 0.05) is 25.9 Å². The Morgan fingerprint density at radius 2 is 2.06 bits per heavy atom. The molecule has 18 heavy (non-hydrogen) atoms. The third-order valence-electron chi connectivity index (χ3n) is 3.51. The maximum atomic E-state index is 9.28. The molecule has 2 rings (SSSR count). The number of nitriles is 1. The Kier molecular flexibility index (Phi) is 3.83. The number of aromatic nitrogens is 1. The van der Waals surface area contributed by atoms with E-state index in [0.717, 1.165) is 43.0 Å². The molecule has 1 fully saturated rings. The van der Waals surface area contributed by atoms with E-state index in [1.807, 2.05) is 19.9 Å². The van der Waals surface area contributed by atoms with E-state index in [2.05, 4.69) is 16.0 Å². The zero-order valence-corrected chi connectivity index (χ0v) is 11.2. The highest BCUT2D eigenvalue weighted by atomic mass is 16.5. The van der Waals surface area contributed by atoms with Gasteiger partial charge in [-0.3, -0.25) is 0 Å². The lowest BCUT2D eigenvalue weighted by atomic mass is 10.1. The Morgan fingerprint density at radius 3 is 2.61 bits per heavy atom. The summed E-state index contributed by atoms with van der Waals surface area (Å²) in [5, 5.41) is 9.28. The maximum absolute atomic E-state index is 9.28. The van der Waals surface area contributed by atoms with Gasteiger partial charge >= 0.3 is 0 Å². The van der Waals surface area contributed by atoms with Crippen LogP contribution >= 0.6 is 0 Å². The van der Waals surface area contributed by atoms with Gasteiger partial charge in [-0.05, 0) is 38.3 Å². The van der Waals surface area contributed by atoms with Crippen molar-refractivity contribution in [2.75, 3.05) is 25.1 Å². The zero-order valence-electron chi connectivity index (χ0n) is 11.2. The first-order valence-electron chi connectivity index (χ1n) is 6.31. The van der Waals surface area contributed by atoms with Crippen molar-refractivity contribution < 1.29 is 4.74 Å². The van der Waals surface area contributed by atoms with Crippen molar-refractivity contribution >= 4 is 5.82 Å². The first-order chi connectivity index (χ1) is 8.65. The fraction of sp³-hybridized carbons (Fsp3) is 0.571. The molecule has 4 nitrogen and oxygen atoms in total. The van der Waals surface area contributed by atoms with Crippen LogP contribution < -0.4 is 4.90 Å². The monoisotopic (exact) mass is 245 g/mol. The van der Waals surface area contributed by atoms with Gasteiger partial charge in [0.05, 0.1) is 11.7 Å². The first kappa shape index (κ1) is 12.8. The van der Waals surface area contributed by atoms with Gasteiger partial charge in [-0.2, -0.15) is 5.26 Å². The van der Waals surface area contributed by atoms with Crippen LogP contribution in [0.3, 0.4) is 0 Å².